The van der Waals surface area contributed by atoms with Gasteiger partial charge in [0.25, 0.3) is 17.4 Å². The summed E-state index contributed by atoms with van der Waals surface area (Å²) >= 11 is 0. The van der Waals surface area contributed by atoms with Gasteiger partial charge >= 0.3 is 6.03 Å². The molecule has 1 saturated heterocycles. The summed E-state index contributed by atoms with van der Waals surface area (Å²) in [6.07, 6.45) is 0. The molecule has 126 valence electrons. The van der Waals surface area contributed by atoms with E-state index in [-0.39, 0.29) is 23.0 Å². The van der Waals surface area contributed by atoms with Crippen LogP contribution in [0, 0.1) is 0 Å². The van der Waals surface area contributed by atoms with E-state index in [1.165, 1.54) is 4.90 Å². The third-order valence-corrected chi connectivity index (χ3v) is 4.22. The number of carbonyl (C=O) groups is 3. The van der Waals surface area contributed by atoms with Gasteiger partial charge in [0.1, 0.15) is 5.82 Å². The summed E-state index contributed by atoms with van der Waals surface area (Å²) < 4.78 is 1.14. The second kappa shape index (κ2) is 5.20. The van der Waals surface area contributed by atoms with Crippen LogP contribution in [0.4, 0.5) is 16.3 Å². The van der Waals surface area contributed by atoms with Crippen molar-refractivity contribution < 1.29 is 14.4 Å². The summed E-state index contributed by atoms with van der Waals surface area (Å²) in [5.41, 5.74) is 6.25. The fraction of sp³-hybridized carbons (Fsp3) is 0.125. The highest BCUT2D eigenvalue weighted by Gasteiger charge is 2.33. The fourth-order valence-electron chi connectivity index (χ4n) is 3.11. The van der Waals surface area contributed by atoms with Crippen LogP contribution in [0.25, 0.3) is 5.69 Å². The van der Waals surface area contributed by atoms with Crippen molar-refractivity contribution in [1.29, 1.82) is 0 Å². The number of amides is 4. The molecule has 4 rings (SSSR count). The Balaban J connectivity index is 1.97. The standard InChI is InChI=1S/C16H13N5O4/c17-13-12-8(14(23)19-15(12)24)7-11(22)21(13)10-4-2-1-3-9(10)20-6-5-18-16(20)25/h1-4,7H,5-6,17H2,(H,18,25)(H,19,23,24). The largest absolute Gasteiger partial charge is 0.384 e. The molecule has 1 fully saturated rings. The lowest BCUT2D eigenvalue weighted by Crippen LogP contribution is -2.31. The maximum Gasteiger partial charge on any atom is 0.322 e. The lowest BCUT2D eigenvalue weighted by Gasteiger charge is -2.21. The number of fused-ring (bicyclic) bond motifs is 1. The molecule has 0 radical (unpaired) electrons. The van der Waals surface area contributed by atoms with Crippen molar-refractivity contribution in [2.24, 2.45) is 0 Å². The monoisotopic (exact) mass is 339 g/mol. The van der Waals surface area contributed by atoms with Crippen LogP contribution < -0.4 is 26.8 Å². The summed E-state index contributed by atoms with van der Waals surface area (Å²) in [7, 11) is 0. The van der Waals surface area contributed by atoms with Crippen molar-refractivity contribution in [3.63, 3.8) is 0 Å². The Hall–Kier alpha value is -3.62. The Labute approximate surface area is 141 Å². The maximum absolute atomic E-state index is 12.6. The highest BCUT2D eigenvalue weighted by Crippen LogP contribution is 2.29. The van der Waals surface area contributed by atoms with Crippen molar-refractivity contribution in [2.45, 2.75) is 0 Å². The number of urea groups is 1. The average Bonchev–Trinajstić information content (AvgIpc) is 3.11. The Kier molecular flexibility index (Phi) is 3.11. The summed E-state index contributed by atoms with van der Waals surface area (Å²) in [5.74, 6) is -1.44. The molecule has 0 spiro atoms. The molecule has 0 unspecified atom stereocenters. The summed E-state index contributed by atoms with van der Waals surface area (Å²) in [6.45, 7) is 0.924. The van der Waals surface area contributed by atoms with Crippen molar-refractivity contribution in [3.05, 3.63) is 51.8 Å². The molecule has 0 aliphatic carbocycles. The number of carbonyl (C=O) groups excluding carboxylic acids is 3. The van der Waals surface area contributed by atoms with Gasteiger partial charge in [-0.3, -0.25) is 29.2 Å². The van der Waals surface area contributed by atoms with E-state index in [0.717, 1.165) is 10.6 Å². The lowest BCUT2D eigenvalue weighted by atomic mass is 10.1. The second-order valence-electron chi connectivity index (χ2n) is 5.65. The molecule has 4 amide bonds. The molecule has 0 atom stereocenters. The Morgan fingerprint density at radius 1 is 1.00 bits per heavy atom. The first kappa shape index (κ1) is 14.9. The third-order valence-electron chi connectivity index (χ3n) is 4.22. The summed E-state index contributed by atoms with van der Waals surface area (Å²) in [6, 6.07) is 7.52. The van der Waals surface area contributed by atoms with Gasteiger partial charge in [-0.05, 0) is 12.1 Å². The number of nitrogen functional groups attached to an aromatic ring is 1. The number of imide groups is 1. The van der Waals surface area contributed by atoms with Gasteiger partial charge in [-0.2, -0.15) is 0 Å². The molecule has 3 heterocycles. The highest BCUT2D eigenvalue weighted by molar-refractivity contribution is 6.23. The van der Waals surface area contributed by atoms with E-state index in [9.17, 15) is 19.2 Å². The second-order valence-corrected chi connectivity index (χ2v) is 5.65. The zero-order chi connectivity index (χ0) is 17.7. The predicted molar refractivity (Wildman–Crippen MR) is 89.0 cm³/mol. The molecular weight excluding hydrogens is 326 g/mol. The van der Waals surface area contributed by atoms with Crippen LogP contribution in [0.3, 0.4) is 0 Å². The number of para-hydroxylation sites is 2. The lowest BCUT2D eigenvalue weighted by molar-refractivity contribution is 0.0880. The number of nitrogens with zero attached hydrogens (tertiary/aromatic N) is 2. The molecule has 25 heavy (non-hydrogen) atoms. The number of pyridine rings is 1. The van der Waals surface area contributed by atoms with Gasteiger partial charge in [-0.1, -0.05) is 12.1 Å². The van der Waals surface area contributed by atoms with Gasteiger partial charge in [0.05, 0.1) is 22.5 Å². The number of hydrogen-bond acceptors (Lipinski definition) is 5. The van der Waals surface area contributed by atoms with Gasteiger partial charge in [0.15, 0.2) is 0 Å². The van der Waals surface area contributed by atoms with E-state index in [1.807, 2.05) is 0 Å². The number of benzene rings is 1. The Morgan fingerprint density at radius 2 is 1.72 bits per heavy atom. The van der Waals surface area contributed by atoms with Crippen molar-refractivity contribution in [1.82, 2.24) is 15.2 Å². The number of hydrogen-bond donors (Lipinski definition) is 3. The molecule has 2 aromatic rings. The number of aromatic nitrogens is 1. The van der Waals surface area contributed by atoms with Gasteiger partial charge < -0.3 is 11.1 Å². The molecule has 2 aliphatic rings. The minimum atomic E-state index is -0.650. The minimum Gasteiger partial charge on any atom is -0.384 e. The van der Waals surface area contributed by atoms with E-state index < -0.39 is 17.4 Å². The van der Waals surface area contributed by atoms with Crippen LogP contribution in [0.1, 0.15) is 20.7 Å². The van der Waals surface area contributed by atoms with E-state index >= 15 is 0 Å². The van der Waals surface area contributed by atoms with Gasteiger partial charge in [-0.15, -0.1) is 0 Å². The van der Waals surface area contributed by atoms with E-state index in [1.54, 1.807) is 24.3 Å². The number of anilines is 2. The SMILES string of the molecule is Nc1c2c(cc(=O)n1-c1ccccc1N1CCNC1=O)C(=O)NC2=O. The van der Waals surface area contributed by atoms with Gasteiger partial charge in [0.2, 0.25) is 0 Å². The van der Waals surface area contributed by atoms with Crippen LogP contribution in [0.2, 0.25) is 0 Å². The van der Waals surface area contributed by atoms with Crippen LogP contribution in [-0.2, 0) is 0 Å². The zero-order valence-corrected chi connectivity index (χ0v) is 12.9. The first-order valence-corrected chi connectivity index (χ1v) is 7.55. The Bertz CT molecular complexity index is 1010. The van der Waals surface area contributed by atoms with Crippen molar-refractivity contribution in [3.8, 4) is 5.69 Å². The minimum absolute atomic E-state index is 0.0368. The van der Waals surface area contributed by atoms with Crippen molar-refractivity contribution in [2.75, 3.05) is 23.7 Å². The van der Waals surface area contributed by atoms with E-state index in [2.05, 4.69) is 10.6 Å². The number of nitrogens with one attached hydrogen (secondary N) is 2. The molecule has 9 nitrogen and oxygen atoms in total. The normalized spacial score (nSPS) is 16.0. The molecular formula is C16H13N5O4. The average molecular weight is 339 g/mol. The van der Waals surface area contributed by atoms with E-state index in [0.29, 0.717) is 24.5 Å². The van der Waals surface area contributed by atoms with E-state index in [4.69, 9.17) is 5.73 Å². The first-order chi connectivity index (χ1) is 12.0. The molecule has 0 bridgehead atoms. The topological polar surface area (TPSA) is 127 Å². The third kappa shape index (κ3) is 2.09. The van der Waals surface area contributed by atoms with Crippen LogP contribution >= 0.6 is 0 Å². The van der Waals surface area contributed by atoms with Crippen LogP contribution in [0.5, 0.6) is 0 Å². The van der Waals surface area contributed by atoms with Gasteiger partial charge in [0, 0.05) is 19.2 Å². The zero-order valence-electron chi connectivity index (χ0n) is 12.9. The molecule has 4 N–H and O–H groups in total. The highest BCUT2D eigenvalue weighted by atomic mass is 16.2. The van der Waals surface area contributed by atoms with Crippen LogP contribution in [0.15, 0.2) is 35.1 Å². The fourth-order valence-corrected chi connectivity index (χ4v) is 3.11. The Morgan fingerprint density at radius 3 is 2.40 bits per heavy atom. The predicted octanol–water partition coefficient (Wildman–Crippen LogP) is -0.167. The number of nitrogens with two attached hydrogens (primary N) is 1. The maximum atomic E-state index is 12.6. The quantitative estimate of drug-likeness (QED) is 0.655. The smallest absolute Gasteiger partial charge is 0.322 e. The van der Waals surface area contributed by atoms with Crippen molar-refractivity contribution >= 4 is 29.4 Å². The molecule has 9 heteroatoms. The first-order valence-electron chi connectivity index (χ1n) is 7.55. The molecule has 2 aliphatic heterocycles. The molecule has 1 aromatic carbocycles. The number of rotatable bonds is 2. The molecule has 1 aromatic heterocycles. The van der Waals surface area contributed by atoms with Gasteiger partial charge in [-0.25, -0.2) is 4.79 Å². The summed E-state index contributed by atoms with van der Waals surface area (Å²) in [5, 5.41) is 4.81. The summed E-state index contributed by atoms with van der Waals surface area (Å²) in [4.78, 5) is 49.8. The van der Waals surface area contributed by atoms with Crippen LogP contribution in [-0.4, -0.2) is 35.5 Å². The molecule has 0 saturated carbocycles.